The first-order valence-corrected chi connectivity index (χ1v) is 8.99. The molecule has 6 nitrogen and oxygen atoms in total. The summed E-state index contributed by atoms with van der Waals surface area (Å²) in [4.78, 5) is 24.2. The van der Waals surface area contributed by atoms with Gasteiger partial charge in [-0.1, -0.05) is 29.8 Å². The summed E-state index contributed by atoms with van der Waals surface area (Å²) in [6, 6.07) is 20.0. The molecular weight excluding hydrogens is 392 g/mol. The number of hydrazone groups is 1. The monoisotopic (exact) mass is 408 g/mol. The molecule has 0 aliphatic carbocycles. The van der Waals surface area contributed by atoms with E-state index in [9.17, 15) is 9.59 Å². The number of methoxy groups -OCH3 is 1. The number of amides is 1. The fourth-order valence-electron chi connectivity index (χ4n) is 2.41. The van der Waals surface area contributed by atoms with Crippen molar-refractivity contribution in [1.82, 2.24) is 5.43 Å². The maximum atomic E-state index is 12.2. The van der Waals surface area contributed by atoms with E-state index in [2.05, 4.69) is 10.5 Å². The van der Waals surface area contributed by atoms with Gasteiger partial charge in [0.2, 0.25) is 0 Å². The molecule has 1 amide bonds. The van der Waals surface area contributed by atoms with Crippen LogP contribution in [0.2, 0.25) is 5.02 Å². The molecule has 0 saturated heterocycles. The van der Waals surface area contributed by atoms with E-state index in [0.717, 1.165) is 0 Å². The van der Waals surface area contributed by atoms with Crippen LogP contribution in [0.25, 0.3) is 0 Å². The Morgan fingerprint density at radius 2 is 1.66 bits per heavy atom. The zero-order chi connectivity index (χ0) is 20.6. The van der Waals surface area contributed by atoms with Crippen LogP contribution in [0.15, 0.2) is 77.9 Å². The van der Waals surface area contributed by atoms with Crippen molar-refractivity contribution >= 4 is 29.7 Å². The molecule has 3 rings (SSSR count). The smallest absolute Gasteiger partial charge is 0.343 e. The lowest BCUT2D eigenvalue weighted by molar-refractivity contribution is 0.0729. The molecule has 0 aromatic heterocycles. The molecule has 1 N–H and O–H groups in total. The van der Waals surface area contributed by atoms with Crippen LogP contribution in [0, 0.1) is 0 Å². The minimum atomic E-state index is -0.486. The SMILES string of the molecule is COc1cc(/C=N\NC(=O)c2ccc(Cl)cc2)ccc1OC(=O)c1ccccc1. The number of carbonyl (C=O) groups is 2. The van der Waals surface area contributed by atoms with E-state index in [1.807, 2.05) is 6.07 Å². The van der Waals surface area contributed by atoms with Gasteiger partial charge in [0.1, 0.15) is 0 Å². The molecule has 3 aromatic rings. The Labute approximate surface area is 172 Å². The molecule has 0 radical (unpaired) electrons. The van der Waals surface area contributed by atoms with Gasteiger partial charge < -0.3 is 9.47 Å². The van der Waals surface area contributed by atoms with Crippen LogP contribution in [0.3, 0.4) is 0 Å². The molecule has 0 bridgehead atoms. The summed E-state index contributed by atoms with van der Waals surface area (Å²) >= 11 is 5.80. The molecule has 0 heterocycles. The summed E-state index contributed by atoms with van der Waals surface area (Å²) in [5, 5.41) is 4.48. The number of halogens is 1. The van der Waals surface area contributed by atoms with Crippen LogP contribution in [-0.4, -0.2) is 25.2 Å². The van der Waals surface area contributed by atoms with E-state index in [1.165, 1.54) is 13.3 Å². The zero-order valence-electron chi connectivity index (χ0n) is 15.5. The van der Waals surface area contributed by atoms with Crippen LogP contribution >= 0.6 is 11.6 Å². The number of carbonyl (C=O) groups excluding carboxylic acids is 2. The standard InChI is InChI=1S/C22H17ClN2O4/c1-28-20-13-15(14-24-25-21(26)16-8-10-18(23)11-9-16)7-12-19(20)29-22(27)17-5-3-2-4-6-17/h2-14H,1H3,(H,25,26)/b24-14-. The maximum absolute atomic E-state index is 12.2. The first-order valence-electron chi connectivity index (χ1n) is 8.61. The van der Waals surface area contributed by atoms with Gasteiger partial charge in [-0.15, -0.1) is 0 Å². The number of hydrogen-bond donors (Lipinski definition) is 1. The quantitative estimate of drug-likeness (QED) is 0.285. The molecular formula is C22H17ClN2O4. The molecule has 0 aliphatic heterocycles. The topological polar surface area (TPSA) is 77.0 Å². The van der Waals surface area contributed by atoms with E-state index in [-0.39, 0.29) is 11.7 Å². The summed E-state index contributed by atoms with van der Waals surface area (Å²) in [5.74, 6) is -0.204. The average Bonchev–Trinajstić information content (AvgIpc) is 2.75. The largest absolute Gasteiger partial charge is 0.493 e. The van der Waals surface area contributed by atoms with Crippen LogP contribution in [-0.2, 0) is 0 Å². The van der Waals surface area contributed by atoms with Gasteiger partial charge in [0.05, 0.1) is 18.9 Å². The van der Waals surface area contributed by atoms with Crippen molar-refractivity contribution in [3.63, 3.8) is 0 Å². The second-order valence-electron chi connectivity index (χ2n) is 5.87. The molecule has 0 fully saturated rings. The minimum absolute atomic E-state index is 0.281. The highest BCUT2D eigenvalue weighted by Gasteiger charge is 2.12. The Hall–Kier alpha value is -3.64. The van der Waals surface area contributed by atoms with Gasteiger partial charge in [-0.3, -0.25) is 4.79 Å². The lowest BCUT2D eigenvalue weighted by atomic mass is 10.2. The van der Waals surface area contributed by atoms with E-state index in [4.69, 9.17) is 21.1 Å². The lowest BCUT2D eigenvalue weighted by Gasteiger charge is -2.10. The van der Waals surface area contributed by atoms with Gasteiger partial charge in [-0.05, 0) is 60.2 Å². The number of nitrogens with zero attached hydrogens (tertiary/aromatic N) is 1. The molecule has 0 saturated carbocycles. The van der Waals surface area contributed by atoms with Crippen LogP contribution in [0.1, 0.15) is 26.3 Å². The Balaban J connectivity index is 1.66. The van der Waals surface area contributed by atoms with Crippen molar-refractivity contribution in [1.29, 1.82) is 0 Å². The number of esters is 1. The van der Waals surface area contributed by atoms with Gasteiger partial charge in [-0.25, -0.2) is 10.2 Å². The number of ether oxygens (including phenoxy) is 2. The number of benzene rings is 3. The second-order valence-corrected chi connectivity index (χ2v) is 6.31. The van der Waals surface area contributed by atoms with Crippen LogP contribution in [0.4, 0.5) is 0 Å². The van der Waals surface area contributed by atoms with E-state index in [0.29, 0.717) is 27.5 Å². The van der Waals surface area contributed by atoms with Crippen molar-refractivity contribution in [3.05, 3.63) is 94.5 Å². The van der Waals surface area contributed by atoms with Crippen molar-refractivity contribution in [3.8, 4) is 11.5 Å². The number of hydrogen-bond acceptors (Lipinski definition) is 5. The molecule has 3 aromatic carbocycles. The minimum Gasteiger partial charge on any atom is -0.493 e. The highest BCUT2D eigenvalue weighted by molar-refractivity contribution is 6.30. The predicted octanol–water partition coefficient (Wildman–Crippen LogP) is 4.33. The lowest BCUT2D eigenvalue weighted by Crippen LogP contribution is -2.17. The normalized spacial score (nSPS) is 10.6. The van der Waals surface area contributed by atoms with Gasteiger partial charge >= 0.3 is 5.97 Å². The Morgan fingerprint density at radius 1 is 0.931 bits per heavy atom. The van der Waals surface area contributed by atoms with E-state index >= 15 is 0 Å². The van der Waals surface area contributed by atoms with Crippen molar-refractivity contribution in [2.45, 2.75) is 0 Å². The van der Waals surface area contributed by atoms with E-state index in [1.54, 1.807) is 66.7 Å². The number of rotatable bonds is 6. The molecule has 7 heteroatoms. The Morgan fingerprint density at radius 3 is 2.34 bits per heavy atom. The van der Waals surface area contributed by atoms with Crippen LogP contribution in [0.5, 0.6) is 11.5 Å². The fourth-order valence-corrected chi connectivity index (χ4v) is 2.54. The molecule has 29 heavy (non-hydrogen) atoms. The van der Waals surface area contributed by atoms with Crippen LogP contribution < -0.4 is 14.9 Å². The summed E-state index contributed by atoms with van der Waals surface area (Å²) in [7, 11) is 1.47. The highest BCUT2D eigenvalue weighted by atomic mass is 35.5. The summed E-state index contributed by atoms with van der Waals surface area (Å²) in [5.41, 5.74) is 3.96. The Kier molecular flexibility index (Phi) is 6.60. The highest BCUT2D eigenvalue weighted by Crippen LogP contribution is 2.28. The average molecular weight is 409 g/mol. The summed E-state index contributed by atoms with van der Waals surface area (Å²) < 4.78 is 10.7. The van der Waals surface area contributed by atoms with Crippen molar-refractivity contribution in [2.75, 3.05) is 7.11 Å². The predicted molar refractivity (Wildman–Crippen MR) is 111 cm³/mol. The van der Waals surface area contributed by atoms with Gasteiger partial charge in [0.15, 0.2) is 11.5 Å². The molecule has 146 valence electrons. The molecule has 0 unspecified atom stereocenters. The van der Waals surface area contributed by atoms with Gasteiger partial charge in [0, 0.05) is 10.6 Å². The van der Waals surface area contributed by atoms with Crippen molar-refractivity contribution in [2.24, 2.45) is 5.10 Å². The summed E-state index contributed by atoms with van der Waals surface area (Å²) in [6.45, 7) is 0. The van der Waals surface area contributed by atoms with Gasteiger partial charge in [-0.2, -0.15) is 5.10 Å². The van der Waals surface area contributed by atoms with Crippen molar-refractivity contribution < 1.29 is 19.1 Å². The summed E-state index contributed by atoms with van der Waals surface area (Å²) in [6.07, 6.45) is 1.46. The third-order valence-electron chi connectivity index (χ3n) is 3.89. The first-order chi connectivity index (χ1) is 14.1. The second kappa shape index (κ2) is 9.52. The maximum Gasteiger partial charge on any atom is 0.343 e. The molecule has 0 atom stereocenters. The molecule has 0 aliphatic rings. The molecule has 0 spiro atoms. The number of nitrogens with one attached hydrogen (secondary N) is 1. The first kappa shape index (κ1) is 20.1. The van der Waals surface area contributed by atoms with Gasteiger partial charge in [0.25, 0.3) is 5.91 Å². The fraction of sp³-hybridized carbons (Fsp3) is 0.0455. The zero-order valence-corrected chi connectivity index (χ0v) is 16.2. The Bertz CT molecular complexity index is 1030. The van der Waals surface area contributed by atoms with E-state index < -0.39 is 5.97 Å². The third-order valence-corrected chi connectivity index (χ3v) is 4.14. The third kappa shape index (κ3) is 5.43.